The van der Waals surface area contributed by atoms with Crippen molar-refractivity contribution < 1.29 is 34.4 Å². The molecule has 8 N–H and O–H groups in total. The van der Waals surface area contributed by atoms with Gasteiger partial charge in [-0.05, 0) is 12.5 Å². The second-order valence-corrected chi connectivity index (χ2v) is 10.4. The van der Waals surface area contributed by atoms with Crippen LogP contribution in [0.5, 0.6) is 0 Å². The normalized spacial score (nSPS) is 20.3. The molecular weight excluding hydrogens is 504 g/mol. The molecule has 0 aromatic heterocycles. The summed E-state index contributed by atoms with van der Waals surface area (Å²) in [6, 6.07) is -1.98. The Hall–Kier alpha value is -2.37. The van der Waals surface area contributed by atoms with E-state index in [1.54, 1.807) is 0 Å². The summed E-state index contributed by atoms with van der Waals surface area (Å²) in [5.41, 5.74) is 11.0. The Kier molecular flexibility index (Phi) is 18.2. The summed E-state index contributed by atoms with van der Waals surface area (Å²) in [5, 5.41) is 32.3. The fourth-order valence-corrected chi connectivity index (χ4v) is 4.66. The quantitative estimate of drug-likeness (QED) is 0.0532. The van der Waals surface area contributed by atoms with E-state index < -0.39 is 48.9 Å². The fraction of sp³-hybridized carbons (Fsp3) is 0.821. The van der Waals surface area contributed by atoms with Crippen LogP contribution in [0.1, 0.15) is 104 Å². The first kappa shape index (κ1) is 34.7. The van der Waals surface area contributed by atoms with Gasteiger partial charge in [-0.2, -0.15) is 0 Å². The van der Waals surface area contributed by atoms with Gasteiger partial charge in [0.15, 0.2) is 5.96 Å². The van der Waals surface area contributed by atoms with E-state index in [-0.39, 0.29) is 18.3 Å². The number of hydrogen-bond donors (Lipinski definition) is 6. The average molecular weight is 557 g/mol. The summed E-state index contributed by atoms with van der Waals surface area (Å²) in [6.07, 6.45) is 13.8. The molecule has 1 amide bonds. The van der Waals surface area contributed by atoms with Gasteiger partial charge in [0.05, 0.1) is 25.3 Å². The van der Waals surface area contributed by atoms with E-state index in [2.05, 4.69) is 17.2 Å². The van der Waals surface area contributed by atoms with Crippen molar-refractivity contribution in [2.45, 2.75) is 134 Å². The lowest BCUT2D eigenvalue weighted by Crippen LogP contribution is -2.59. The second kappa shape index (κ2) is 20.5. The number of hydrogen-bond acceptors (Lipinski definition) is 8. The van der Waals surface area contributed by atoms with E-state index in [0.29, 0.717) is 6.42 Å². The zero-order valence-corrected chi connectivity index (χ0v) is 23.9. The smallest absolute Gasteiger partial charge is 0.373 e. The maximum Gasteiger partial charge on any atom is 0.373 e. The minimum Gasteiger partial charge on any atom is -0.478 e. The van der Waals surface area contributed by atoms with Crippen LogP contribution in [-0.2, 0) is 19.1 Å². The van der Waals surface area contributed by atoms with Crippen LogP contribution in [0.3, 0.4) is 0 Å². The molecule has 39 heavy (non-hydrogen) atoms. The van der Waals surface area contributed by atoms with Crippen LogP contribution in [0.4, 0.5) is 0 Å². The first-order valence-corrected chi connectivity index (χ1v) is 14.6. The molecule has 11 nitrogen and oxygen atoms in total. The molecule has 5 atom stereocenters. The molecule has 0 aliphatic carbocycles. The largest absolute Gasteiger partial charge is 0.478 e. The van der Waals surface area contributed by atoms with Gasteiger partial charge in [-0.15, -0.1) is 0 Å². The molecule has 0 radical (unpaired) electrons. The number of ether oxygens (including phenoxy) is 2. The van der Waals surface area contributed by atoms with E-state index in [1.165, 1.54) is 77.2 Å². The summed E-state index contributed by atoms with van der Waals surface area (Å²) in [6.45, 7) is 2.93. The Labute approximate surface area is 233 Å². The predicted octanol–water partition coefficient (Wildman–Crippen LogP) is 2.15. The van der Waals surface area contributed by atoms with Crippen LogP contribution in [0.2, 0.25) is 0 Å². The lowest BCUT2D eigenvalue weighted by Gasteiger charge is -2.38. The maximum absolute atomic E-state index is 12.7. The van der Waals surface area contributed by atoms with Crippen LogP contribution in [-0.4, -0.2) is 76.8 Å². The van der Waals surface area contributed by atoms with Crippen LogP contribution in [0.15, 0.2) is 16.8 Å². The minimum absolute atomic E-state index is 0.201. The van der Waals surface area contributed by atoms with Crippen molar-refractivity contribution in [1.82, 2.24) is 5.32 Å². The summed E-state index contributed by atoms with van der Waals surface area (Å²) >= 11 is 0. The number of nitrogens with two attached hydrogens (primary N) is 2. The molecule has 1 rings (SSSR count). The van der Waals surface area contributed by atoms with Crippen LogP contribution in [0.25, 0.3) is 0 Å². The summed E-state index contributed by atoms with van der Waals surface area (Å²) in [4.78, 5) is 28.5. The van der Waals surface area contributed by atoms with E-state index in [0.717, 1.165) is 19.3 Å². The lowest BCUT2D eigenvalue weighted by molar-refractivity contribution is -0.151. The molecule has 0 aromatic carbocycles. The number of rotatable bonds is 21. The first-order valence-electron chi connectivity index (χ1n) is 14.6. The summed E-state index contributed by atoms with van der Waals surface area (Å²) in [7, 11) is 0. The molecule has 11 heteroatoms. The highest BCUT2D eigenvalue weighted by atomic mass is 16.6. The molecule has 1 aliphatic heterocycles. The molecule has 226 valence electrons. The highest BCUT2D eigenvalue weighted by Gasteiger charge is 2.44. The second-order valence-electron chi connectivity index (χ2n) is 10.4. The van der Waals surface area contributed by atoms with Crippen LogP contribution < -0.4 is 16.8 Å². The van der Waals surface area contributed by atoms with Crippen molar-refractivity contribution in [3.05, 3.63) is 11.8 Å². The first-order chi connectivity index (χ1) is 18.7. The van der Waals surface area contributed by atoms with Crippen molar-refractivity contribution in [1.29, 1.82) is 0 Å². The topological polar surface area (TPSA) is 190 Å². The highest BCUT2D eigenvalue weighted by Crippen LogP contribution is 2.25. The molecule has 0 fully saturated rings. The summed E-state index contributed by atoms with van der Waals surface area (Å²) in [5.74, 6) is -1.78. The lowest BCUT2D eigenvalue weighted by atomic mass is 9.92. The molecule has 0 saturated heterocycles. The predicted molar refractivity (Wildman–Crippen MR) is 151 cm³/mol. The van der Waals surface area contributed by atoms with Crippen LogP contribution >= 0.6 is 0 Å². The van der Waals surface area contributed by atoms with Crippen molar-refractivity contribution >= 4 is 17.8 Å². The van der Waals surface area contributed by atoms with E-state index in [9.17, 15) is 24.9 Å². The number of carbonyl (C=O) groups is 2. The van der Waals surface area contributed by atoms with Gasteiger partial charge in [0, 0.05) is 6.92 Å². The molecule has 1 heterocycles. The van der Waals surface area contributed by atoms with Gasteiger partial charge >= 0.3 is 5.97 Å². The molecule has 0 saturated carbocycles. The van der Waals surface area contributed by atoms with Crippen LogP contribution in [0, 0.1) is 0 Å². The van der Waals surface area contributed by atoms with Gasteiger partial charge in [0.2, 0.25) is 11.7 Å². The minimum atomic E-state index is -1.65. The number of nitrogens with one attached hydrogen (secondary N) is 1. The van der Waals surface area contributed by atoms with Gasteiger partial charge in [0.1, 0.15) is 18.3 Å². The number of aliphatic hydroxyl groups is 3. The fourth-order valence-electron chi connectivity index (χ4n) is 4.66. The van der Waals surface area contributed by atoms with E-state index >= 15 is 0 Å². The highest BCUT2D eigenvalue weighted by molar-refractivity contribution is 5.87. The third kappa shape index (κ3) is 14.5. The third-order valence-corrected chi connectivity index (χ3v) is 6.83. The molecule has 4 unspecified atom stereocenters. The van der Waals surface area contributed by atoms with Gasteiger partial charge < -0.3 is 41.6 Å². The monoisotopic (exact) mass is 556 g/mol. The third-order valence-electron chi connectivity index (χ3n) is 6.83. The van der Waals surface area contributed by atoms with Gasteiger partial charge in [-0.3, -0.25) is 4.79 Å². The standard InChI is InChI=1S/C28H52N4O7/c1-3-4-5-6-7-8-9-10-11-12-13-14-15-16-17-38-27(37)23-18-21(32-28(29)30)24(31-20(2)34)26(39-23)25(36)22(35)19-33/h18,21-22,24-26,33,35-36H,3-17,19H2,1-2H3,(H,31,34)(H4,29,30,32)/t21?,22?,24?,25?,26-/m1/s1. The number of amides is 1. The molecule has 1 aliphatic rings. The molecular formula is C28H52N4O7. The average Bonchev–Trinajstić information content (AvgIpc) is 2.90. The SMILES string of the molecule is CCCCCCCCCCCCCCCCOC(=O)C1=CC(N=C(N)N)C(NC(C)=O)[C@H](C(O)C(O)CO)O1. The molecule has 0 spiro atoms. The van der Waals surface area contributed by atoms with Crippen molar-refractivity contribution in [2.24, 2.45) is 16.5 Å². The Bertz CT molecular complexity index is 758. The van der Waals surface area contributed by atoms with Crippen molar-refractivity contribution in [3.8, 4) is 0 Å². The van der Waals surface area contributed by atoms with Gasteiger partial charge in [-0.25, -0.2) is 9.79 Å². The van der Waals surface area contributed by atoms with Gasteiger partial charge in [-0.1, -0.05) is 90.4 Å². The number of carbonyl (C=O) groups excluding carboxylic acids is 2. The Morgan fingerprint density at radius 3 is 1.95 bits per heavy atom. The Morgan fingerprint density at radius 2 is 1.49 bits per heavy atom. The van der Waals surface area contributed by atoms with E-state index in [1.807, 2.05) is 0 Å². The Balaban J connectivity index is 2.45. The van der Waals surface area contributed by atoms with Gasteiger partial charge in [0.25, 0.3) is 0 Å². The van der Waals surface area contributed by atoms with E-state index in [4.69, 9.17) is 20.9 Å². The van der Waals surface area contributed by atoms with Crippen molar-refractivity contribution in [3.63, 3.8) is 0 Å². The molecule has 0 aromatic rings. The number of esters is 1. The number of aliphatic hydroxyl groups excluding tert-OH is 3. The number of nitrogens with zero attached hydrogens (tertiary/aromatic N) is 1. The molecule has 0 bridgehead atoms. The zero-order chi connectivity index (χ0) is 29.0. The number of unbranched alkanes of at least 4 members (excludes halogenated alkanes) is 13. The maximum atomic E-state index is 12.7. The Morgan fingerprint density at radius 1 is 0.974 bits per heavy atom. The summed E-state index contributed by atoms with van der Waals surface area (Å²) < 4.78 is 11.0. The number of aliphatic imine (C=N–C) groups is 1. The van der Waals surface area contributed by atoms with Crippen molar-refractivity contribution in [2.75, 3.05) is 13.2 Å². The number of guanidine groups is 1. The zero-order valence-electron chi connectivity index (χ0n) is 23.9.